The zero-order valence-corrected chi connectivity index (χ0v) is 20.0. The summed E-state index contributed by atoms with van der Waals surface area (Å²) in [6.07, 6.45) is 3.30. The Kier molecular flexibility index (Phi) is 6.91. The normalized spacial score (nSPS) is 24.4. The largest absolute Gasteiger partial charge is 0.493 e. The Morgan fingerprint density at radius 3 is 2.67 bits per heavy atom. The fourth-order valence-electron chi connectivity index (χ4n) is 5.15. The third-order valence-corrected chi connectivity index (χ3v) is 7.22. The van der Waals surface area contributed by atoms with Crippen molar-refractivity contribution in [2.24, 2.45) is 11.8 Å². The minimum absolute atomic E-state index is 0.0999. The van der Waals surface area contributed by atoms with Crippen molar-refractivity contribution in [1.29, 1.82) is 0 Å². The maximum atomic E-state index is 13.6. The molecule has 2 aliphatic rings. The van der Waals surface area contributed by atoms with Gasteiger partial charge in [0, 0.05) is 18.2 Å². The van der Waals surface area contributed by atoms with Crippen molar-refractivity contribution >= 4 is 11.8 Å². The van der Waals surface area contributed by atoms with Crippen LogP contribution in [-0.4, -0.2) is 36.5 Å². The number of carbonyl (C=O) groups is 2. The van der Waals surface area contributed by atoms with Gasteiger partial charge in [-0.3, -0.25) is 9.59 Å². The second-order valence-electron chi connectivity index (χ2n) is 9.22. The molecule has 1 N–H and O–H groups in total. The van der Waals surface area contributed by atoms with Gasteiger partial charge < -0.3 is 19.7 Å². The third-order valence-electron chi connectivity index (χ3n) is 7.22. The number of nitrogens with zero attached hydrogens (tertiary/aromatic N) is 1. The smallest absolute Gasteiger partial charge is 0.255 e. The first-order valence-electron chi connectivity index (χ1n) is 11.9. The van der Waals surface area contributed by atoms with E-state index >= 15 is 0 Å². The summed E-state index contributed by atoms with van der Waals surface area (Å²) in [4.78, 5) is 28.6. The Morgan fingerprint density at radius 1 is 1.12 bits per heavy atom. The van der Waals surface area contributed by atoms with Crippen LogP contribution in [0.1, 0.15) is 67.6 Å². The van der Waals surface area contributed by atoms with E-state index in [1.165, 1.54) is 6.42 Å². The number of amides is 2. The molecule has 0 unspecified atom stereocenters. The molecule has 1 heterocycles. The average molecular weight is 451 g/mol. The standard InChI is InChI=1S/C27H34N2O4/c1-5-33-23-14-13-19(15-24(23)32-4)16-29-25(20-10-6-7-11-21(20)27(29)31)26(30)28-22-12-8-9-17(2)18(22)3/h6-7,10-11,13-15,17-18,22,25H,5,8-9,12,16H2,1-4H3,(H,28,30)/t17-,18-,22-,25-/m1/s1. The monoisotopic (exact) mass is 450 g/mol. The summed E-state index contributed by atoms with van der Waals surface area (Å²) in [5.41, 5.74) is 2.25. The highest BCUT2D eigenvalue weighted by Crippen LogP contribution is 2.37. The maximum absolute atomic E-state index is 13.6. The molecule has 1 aliphatic carbocycles. The number of hydrogen-bond acceptors (Lipinski definition) is 4. The predicted octanol–water partition coefficient (Wildman–Crippen LogP) is 4.73. The molecule has 0 saturated heterocycles. The van der Waals surface area contributed by atoms with Crippen LogP contribution in [0, 0.1) is 11.8 Å². The van der Waals surface area contributed by atoms with E-state index in [1.54, 1.807) is 12.0 Å². The summed E-state index contributed by atoms with van der Waals surface area (Å²) in [6, 6.07) is 12.6. The Bertz CT molecular complexity index is 1020. The Morgan fingerprint density at radius 2 is 1.91 bits per heavy atom. The fourth-order valence-corrected chi connectivity index (χ4v) is 5.15. The second-order valence-corrected chi connectivity index (χ2v) is 9.22. The molecule has 2 aromatic rings. The summed E-state index contributed by atoms with van der Waals surface area (Å²) >= 11 is 0. The SMILES string of the molecule is CCOc1ccc(CN2C(=O)c3ccccc3[C@@H]2C(=O)N[C@@H]2CCC[C@@H](C)[C@H]2C)cc1OC. The van der Waals surface area contributed by atoms with Crippen LogP contribution in [0.25, 0.3) is 0 Å². The fraction of sp³-hybridized carbons (Fsp3) is 0.481. The van der Waals surface area contributed by atoms with E-state index in [1.807, 2.05) is 49.4 Å². The number of hydrogen-bond donors (Lipinski definition) is 1. The van der Waals surface area contributed by atoms with E-state index in [9.17, 15) is 9.59 Å². The van der Waals surface area contributed by atoms with Gasteiger partial charge in [-0.1, -0.05) is 51.0 Å². The Balaban J connectivity index is 1.61. The van der Waals surface area contributed by atoms with Gasteiger partial charge in [0.1, 0.15) is 6.04 Å². The topological polar surface area (TPSA) is 67.9 Å². The van der Waals surface area contributed by atoms with Gasteiger partial charge in [-0.05, 0) is 54.5 Å². The molecule has 0 spiro atoms. The molecule has 6 nitrogen and oxygen atoms in total. The van der Waals surface area contributed by atoms with Crippen LogP contribution in [-0.2, 0) is 11.3 Å². The minimum Gasteiger partial charge on any atom is -0.493 e. The van der Waals surface area contributed by atoms with E-state index < -0.39 is 6.04 Å². The number of benzene rings is 2. The molecule has 0 radical (unpaired) electrons. The van der Waals surface area contributed by atoms with Crippen molar-refractivity contribution in [3.05, 3.63) is 59.2 Å². The van der Waals surface area contributed by atoms with Gasteiger partial charge in [-0.15, -0.1) is 0 Å². The lowest BCUT2D eigenvalue weighted by atomic mass is 9.78. The van der Waals surface area contributed by atoms with Crippen LogP contribution in [0.3, 0.4) is 0 Å². The molecule has 176 valence electrons. The number of rotatable bonds is 7. The van der Waals surface area contributed by atoms with Gasteiger partial charge in [-0.2, -0.15) is 0 Å². The Labute approximate surface area is 196 Å². The zero-order valence-electron chi connectivity index (χ0n) is 20.0. The highest BCUT2D eigenvalue weighted by molar-refractivity contribution is 6.04. The van der Waals surface area contributed by atoms with Gasteiger partial charge in [0.2, 0.25) is 5.91 Å². The molecule has 2 amide bonds. The number of methoxy groups -OCH3 is 1. The maximum Gasteiger partial charge on any atom is 0.255 e. The molecule has 2 aromatic carbocycles. The second kappa shape index (κ2) is 9.86. The molecular formula is C27H34N2O4. The van der Waals surface area contributed by atoms with Gasteiger partial charge in [0.15, 0.2) is 11.5 Å². The molecule has 4 atom stereocenters. The molecule has 1 saturated carbocycles. The van der Waals surface area contributed by atoms with Crippen LogP contribution in [0.15, 0.2) is 42.5 Å². The molecule has 4 rings (SSSR count). The molecule has 0 aromatic heterocycles. The zero-order chi connectivity index (χ0) is 23.5. The van der Waals surface area contributed by atoms with Crippen LogP contribution in [0.2, 0.25) is 0 Å². The lowest BCUT2D eigenvalue weighted by Crippen LogP contribution is -2.48. The van der Waals surface area contributed by atoms with Gasteiger partial charge in [0.05, 0.1) is 13.7 Å². The summed E-state index contributed by atoms with van der Waals surface area (Å²) in [7, 11) is 1.60. The van der Waals surface area contributed by atoms with Crippen molar-refractivity contribution in [3.63, 3.8) is 0 Å². The van der Waals surface area contributed by atoms with E-state index in [0.717, 1.165) is 24.0 Å². The van der Waals surface area contributed by atoms with E-state index in [0.29, 0.717) is 42.0 Å². The number of ether oxygens (including phenoxy) is 2. The average Bonchev–Trinajstić information content (AvgIpc) is 3.09. The lowest BCUT2D eigenvalue weighted by Gasteiger charge is -2.36. The molecular weight excluding hydrogens is 416 g/mol. The van der Waals surface area contributed by atoms with Crippen molar-refractivity contribution in [2.75, 3.05) is 13.7 Å². The predicted molar refractivity (Wildman–Crippen MR) is 127 cm³/mol. The highest BCUT2D eigenvalue weighted by Gasteiger charge is 2.42. The lowest BCUT2D eigenvalue weighted by molar-refractivity contribution is -0.127. The highest BCUT2D eigenvalue weighted by atomic mass is 16.5. The number of carbonyl (C=O) groups excluding carboxylic acids is 2. The summed E-state index contributed by atoms with van der Waals surface area (Å²) < 4.78 is 11.1. The van der Waals surface area contributed by atoms with Gasteiger partial charge in [-0.25, -0.2) is 0 Å². The summed E-state index contributed by atoms with van der Waals surface area (Å²) in [5.74, 6) is 2.05. The van der Waals surface area contributed by atoms with Crippen molar-refractivity contribution in [1.82, 2.24) is 10.2 Å². The number of fused-ring (bicyclic) bond motifs is 1. The van der Waals surface area contributed by atoms with Crippen LogP contribution in [0.4, 0.5) is 0 Å². The molecule has 0 bridgehead atoms. The van der Waals surface area contributed by atoms with E-state index in [-0.39, 0.29) is 17.9 Å². The molecule has 6 heteroatoms. The summed E-state index contributed by atoms with van der Waals surface area (Å²) in [6.45, 7) is 7.24. The van der Waals surface area contributed by atoms with Gasteiger partial charge in [0.25, 0.3) is 5.91 Å². The number of nitrogens with one attached hydrogen (secondary N) is 1. The molecule has 33 heavy (non-hydrogen) atoms. The first kappa shape index (κ1) is 23.1. The van der Waals surface area contributed by atoms with Crippen LogP contribution >= 0.6 is 0 Å². The first-order chi connectivity index (χ1) is 15.9. The van der Waals surface area contributed by atoms with E-state index in [4.69, 9.17) is 9.47 Å². The molecule has 1 fully saturated rings. The van der Waals surface area contributed by atoms with Crippen molar-refractivity contribution in [3.8, 4) is 11.5 Å². The van der Waals surface area contributed by atoms with Crippen molar-refractivity contribution < 1.29 is 19.1 Å². The van der Waals surface area contributed by atoms with Crippen molar-refractivity contribution in [2.45, 2.75) is 58.7 Å². The first-order valence-corrected chi connectivity index (χ1v) is 11.9. The summed E-state index contributed by atoms with van der Waals surface area (Å²) in [5, 5.41) is 3.29. The quantitative estimate of drug-likeness (QED) is 0.662. The minimum atomic E-state index is -0.643. The Hall–Kier alpha value is -3.02. The van der Waals surface area contributed by atoms with Crippen LogP contribution < -0.4 is 14.8 Å². The molecule has 1 aliphatic heterocycles. The third kappa shape index (κ3) is 4.56. The van der Waals surface area contributed by atoms with Crippen LogP contribution in [0.5, 0.6) is 11.5 Å². The van der Waals surface area contributed by atoms with Gasteiger partial charge >= 0.3 is 0 Å². The van der Waals surface area contributed by atoms with E-state index in [2.05, 4.69) is 19.2 Å².